The minimum absolute atomic E-state index is 0.186. The van der Waals surface area contributed by atoms with Gasteiger partial charge in [0.25, 0.3) is 0 Å². The molecule has 1 aromatic carbocycles. The van der Waals surface area contributed by atoms with Gasteiger partial charge in [0.2, 0.25) is 17.7 Å². The summed E-state index contributed by atoms with van der Waals surface area (Å²) in [6, 6.07) is 5.65. The molecule has 1 aromatic heterocycles. The standard InChI is InChI=1S/C21H29N5O5/c1-3-12(2)19(21(31)24-11-18(28)29)26-20(30)16(25-17(27)9-22)8-13-10-23-15-7-5-4-6-14(13)15/h4-7,10,12,16,19,23H,3,8-9,11,22H2,1-2H3,(H,24,31)(H,25,27)(H,26,30)(H,28,29)/t12-,16-,19-/m0/s1. The van der Waals surface area contributed by atoms with E-state index in [4.69, 9.17) is 10.8 Å². The SMILES string of the molecule is CC[C@H](C)[C@H](NC(=O)[C@H](Cc1c[nH]c2ccccc12)NC(=O)CN)C(=O)NCC(=O)O. The van der Waals surface area contributed by atoms with Gasteiger partial charge in [0.15, 0.2) is 0 Å². The Morgan fingerprint density at radius 2 is 1.84 bits per heavy atom. The molecule has 2 aromatic rings. The second-order valence-corrected chi connectivity index (χ2v) is 7.37. The third-order valence-corrected chi connectivity index (χ3v) is 5.14. The van der Waals surface area contributed by atoms with Crippen LogP contribution in [-0.2, 0) is 25.6 Å². The van der Waals surface area contributed by atoms with E-state index in [-0.39, 0.29) is 18.9 Å². The van der Waals surface area contributed by atoms with Gasteiger partial charge in [0.05, 0.1) is 6.54 Å². The third-order valence-electron chi connectivity index (χ3n) is 5.14. The average Bonchev–Trinajstić information content (AvgIpc) is 3.17. The summed E-state index contributed by atoms with van der Waals surface area (Å²) < 4.78 is 0. The van der Waals surface area contributed by atoms with Crippen molar-refractivity contribution in [3.63, 3.8) is 0 Å². The van der Waals surface area contributed by atoms with Crippen LogP contribution in [0.2, 0.25) is 0 Å². The number of hydrogen-bond acceptors (Lipinski definition) is 5. The zero-order valence-corrected chi connectivity index (χ0v) is 17.6. The van der Waals surface area contributed by atoms with Crippen molar-refractivity contribution in [3.05, 3.63) is 36.0 Å². The summed E-state index contributed by atoms with van der Waals surface area (Å²) in [7, 11) is 0. The number of carbonyl (C=O) groups excluding carboxylic acids is 3. The van der Waals surface area contributed by atoms with E-state index in [1.165, 1.54) is 0 Å². The molecular formula is C21H29N5O5. The molecule has 0 aliphatic heterocycles. The van der Waals surface area contributed by atoms with Crippen LogP contribution in [0.1, 0.15) is 25.8 Å². The minimum atomic E-state index is -1.19. The molecule has 0 unspecified atom stereocenters. The molecule has 0 fully saturated rings. The monoisotopic (exact) mass is 431 g/mol. The van der Waals surface area contributed by atoms with Crippen molar-refractivity contribution in [2.24, 2.45) is 11.7 Å². The highest BCUT2D eigenvalue weighted by molar-refractivity contribution is 5.94. The van der Waals surface area contributed by atoms with Crippen LogP contribution in [0.4, 0.5) is 0 Å². The number of aliphatic carboxylic acids is 1. The molecule has 31 heavy (non-hydrogen) atoms. The Hall–Kier alpha value is -3.40. The van der Waals surface area contributed by atoms with E-state index >= 15 is 0 Å². The molecule has 3 atom stereocenters. The summed E-state index contributed by atoms with van der Waals surface area (Å²) in [4.78, 5) is 51.4. The predicted octanol–water partition coefficient (Wildman–Crippen LogP) is -0.114. The largest absolute Gasteiger partial charge is 0.480 e. The number of benzene rings is 1. The van der Waals surface area contributed by atoms with Gasteiger partial charge in [-0.3, -0.25) is 19.2 Å². The molecule has 0 bridgehead atoms. The Kier molecular flexibility index (Phi) is 8.56. The number of aromatic nitrogens is 1. The topological polar surface area (TPSA) is 166 Å². The number of nitrogens with two attached hydrogens (primary N) is 1. The number of rotatable bonds is 11. The van der Waals surface area contributed by atoms with Crippen LogP contribution < -0.4 is 21.7 Å². The molecule has 0 aliphatic rings. The minimum Gasteiger partial charge on any atom is -0.480 e. The Morgan fingerprint density at radius 1 is 1.13 bits per heavy atom. The van der Waals surface area contributed by atoms with E-state index in [9.17, 15) is 19.2 Å². The lowest BCUT2D eigenvalue weighted by Crippen LogP contribution is -2.57. The van der Waals surface area contributed by atoms with E-state index in [1.807, 2.05) is 31.2 Å². The van der Waals surface area contributed by atoms with Crippen LogP contribution in [0.3, 0.4) is 0 Å². The van der Waals surface area contributed by atoms with Crippen molar-refractivity contribution in [2.75, 3.05) is 13.1 Å². The molecule has 10 nitrogen and oxygen atoms in total. The molecule has 2 rings (SSSR count). The number of carbonyl (C=O) groups is 4. The molecule has 1 heterocycles. The normalized spacial score (nSPS) is 13.8. The summed E-state index contributed by atoms with van der Waals surface area (Å²) in [5.74, 6) is -3.09. The van der Waals surface area contributed by atoms with Gasteiger partial charge in [0.1, 0.15) is 18.6 Å². The number of nitrogens with one attached hydrogen (secondary N) is 4. The van der Waals surface area contributed by atoms with E-state index in [0.717, 1.165) is 16.5 Å². The first-order valence-electron chi connectivity index (χ1n) is 10.1. The molecule has 0 aliphatic carbocycles. The van der Waals surface area contributed by atoms with Gasteiger partial charge in [-0.15, -0.1) is 0 Å². The lowest BCUT2D eigenvalue weighted by atomic mass is 9.97. The van der Waals surface area contributed by atoms with Gasteiger partial charge >= 0.3 is 5.97 Å². The molecule has 7 N–H and O–H groups in total. The van der Waals surface area contributed by atoms with E-state index in [0.29, 0.717) is 6.42 Å². The van der Waals surface area contributed by atoms with Crippen molar-refractivity contribution in [3.8, 4) is 0 Å². The van der Waals surface area contributed by atoms with E-state index in [1.54, 1.807) is 13.1 Å². The molecule has 3 amide bonds. The highest BCUT2D eigenvalue weighted by Gasteiger charge is 2.30. The number of H-pyrrole nitrogens is 1. The fourth-order valence-corrected chi connectivity index (χ4v) is 3.21. The Balaban J connectivity index is 2.22. The first-order chi connectivity index (χ1) is 14.8. The predicted molar refractivity (Wildman–Crippen MR) is 115 cm³/mol. The average molecular weight is 431 g/mol. The summed E-state index contributed by atoms with van der Waals surface area (Å²) >= 11 is 0. The number of carboxylic acid groups (broad SMARTS) is 1. The zero-order valence-electron chi connectivity index (χ0n) is 17.6. The highest BCUT2D eigenvalue weighted by atomic mass is 16.4. The fourth-order valence-electron chi connectivity index (χ4n) is 3.21. The maximum Gasteiger partial charge on any atom is 0.322 e. The van der Waals surface area contributed by atoms with Crippen LogP contribution in [0.25, 0.3) is 10.9 Å². The Bertz CT molecular complexity index is 941. The molecule has 0 spiro atoms. The molecule has 10 heteroatoms. The van der Waals surface area contributed by atoms with E-state index < -0.39 is 42.3 Å². The molecular weight excluding hydrogens is 402 g/mol. The number of amides is 3. The number of aromatic amines is 1. The van der Waals surface area contributed by atoms with Gasteiger partial charge in [-0.2, -0.15) is 0 Å². The second kappa shape index (κ2) is 11.1. The lowest BCUT2D eigenvalue weighted by molar-refractivity contribution is -0.139. The van der Waals surface area contributed by atoms with Gasteiger partial charge in [0, 0.05) is 23.5 Å². The van der Waals surface area contributed by atoms with Crippen molar-refractivity contribution in [1.29, 1.82) is 0 Å². The van der Waals surface area contributed by atoms with E-state index in [2.05, 4.69) is 20.9 Å². The third kappa shape index (κ3) is 6.54. The van der Waals surface area contributed by atoms with Crippen molar-refractivity contribution < 1.29 is 24.3 Å². The highest BCUT2D eigenvalue weighted by Crippen LogP contribution is 2.19. The molecule has 0 saturated heterocycles. The fraction of sp³-hybridized carbons (Fsp3) is 0.429. The maximum atomic E-state index is 13.1. The van der Waals surface area contributed by atoms with Gasteiger partial charge in [-0.25, -0.2) is 0 Å². The van der Waals surface area contributed by atoms with Crippen molar-refractivity contribution in [1.82, 2.24) is 20.9 Å². The second-order valence-electron chi connectivity index (χ2n) is 7.37. The lowest BCUT2D eigenvalue weighted by Gasteiger charge is -2.26. The van der Waals surface area contributed by atoms with Crippen LogP contribution in [0.15, 0.2) is 30.5 Å². The van der Waals surface area contributed by atoms with Crippen LogP contribution in [0, 0.1) is 5.92 Å². The van der Waals surface area contributed by atoms with Crippen LogP contribution in [0.5, 0.6) is 0 Å². The molecule has 0 radical (unpaired) electrons. The number of para-hydroxylation sites is 1. The Morgan fingerprint density at radius 3 is 2.48 bits per heavy atom. The van der Waals surface area contributed by atoms with Gasteiger partial charge < -0.3 is 31.8 Å². The number of carboxylic acids is 1. The Labute approximate surface area is 179 Å². The van der Waals surface area contributed by atoms with Gasteiger partial charge in [-0.1, -0.05) is 38.5 Å². The first-order valence-corrected chi connectivity index (χ1v) is 10.1. The van der Waals surface area contributed by atoms with Crippen LogP contribution in [-0.4, -0.2) is 59.0 Å². The van der Waals surface area contributed by atoms with Gasteiger partial charge in [-0.05, 0) is 17.5 Å². The maximum absolute atomic E-state index is 13.1. The summed E-state index contributed by atoms with van der Waals surface area (Å²) in [5, 5.41) is 17.3. The quantitative estimate of drug-likeness (QED) is 0.290. The number of fused-ring (bicyclic) bond motifs is 1. The summed E-state index contributed by atoms with van der Waals surface area (Å²) in [6.07, 6.45) is 2.53. The summed E-state index contributed by atoms with van der Waals surface area (Å²) in [5.41, 5.74) is 7.12. The molecule has 168 valence electrons. The number of hydrogen-bond donors (Lipinski definition) is 6. The van der Waals surface area contributed by atoms with Crippen LogP contribution >= 0.6 is 0 Å². The first kappa shape index (κ1) is 23.9. The summed E-state index contributed by atoms with van der Waals surface area (Å²) in [6.45, 7) is 2.79. The molecule has 0 saturated carbocycles. The smallest absolute Gasteiger partial charge is 0.322 e. The van der Waals surface area contributed by atoms with Crippen molar-refractivity contribution >= 4 is 34.6 Å². The zero-order chi connectivity index (χ0) is 23.0. The van der Waals surface area contributed by atoms with Crippen molar-refractivity contribution in [2.45, 2.75) is 38.8 Å².